The van der Waals surface area contributed by atoms with E-state index in [1.54, 1.807) is 16.3 Å². The molecule has 0 aliphatic carbocycles. The SMILES string of the molecule is Cc1cc(C)cc(N2CC[C@H](NS(=O)(=O)c3cccs3)C2=O)c1. The van der Waals surface area contributed by atoms with Crippen LogP contribution in [0.2, 0.25) is 0 Å². The van der Waals surface area contributed by atoms with Gasteiger partial charge in [0.05, 0.1) is 0 Å². The Kier molecular flexibility index (Phi) is 4.27. The molecule has 1 aromatic carbocycles. The van der Waals surface area contributed by atoms with Crippen LogP contribution in [0.4, 0.5) is 5.69 Å². The highest BCUT2D eigenvalue weighted by Gasteiger charge is 2.36. The molecule has 1 aromatic heterocycles. The number of carbonyl (C=O) groups excluding carboxylic acids is 1. The van der Waals surface area contributed by atoms with E-state index in [2.05, 4.69) is 4.72 Å². The average Bonchev–Trinajstić information content (AvgIpc) is 3.09. The van der Waals surface area contributed by atoms with Gasteiger partial charge in [-0.05, 0) is 55.0 Å². The molecule has 3 rings (SSSR count). The van der Waals surface area contributed by atoms with Crippen molar-refractivity contribution in [3.8, 4) is 0 Å². The van der Waals surface area contributed by atoms with Gasteiger partial charge in [0.2, 0.25) is 5.91 Å². The van der Waals surface area contributed by atoms with Crippen molar-refractivity contribution in [1.29, 1.82) is 0 Å². The van der Waals surface area contributed by atoms with Gasteiger partial charge in [0.15, 0.2) is 0 Å². The molecule has 1 aliphatic heterocycles. The van der Waals surface area contributed by atoms with Crippen molar-refractivity contribution in [1.82, 2.24) is 4.72 Å². The first-order chi connectivity index (χ1) is 10.9. The maximum Gasteiger partial charge on any atom is 0.250 e. The fourth-order valence-electron chi connectivity index (χ4n) is 2.81. The van der Waals surface area contributed by atoms with E-state index < -0.39 is 16.1 Å². The predicted octanol–water partition coefficient (Wildman–Crippen LogP) is 2.45. The molecule has 7 heteroatoms. The molecule has 1 amide bonds. The summed E-state index contributed by atoms with van der Waals surface area (Å²) in [6.07, 6.45) is 0.469. The average molecular weight is 350 g/mol. The number of anilines is 1. The van der Waals surface area contributed by atoms with E-state index in [4.69, 9.17) is 0 Å². The molecule has 122 valence electrons. The molecule has 2 aromatic rings. The number of benzene rings is 1. The number of rotatable bonds is 4. The number of nitrogens with one attached hydrogen (secondary N) is 1. The van der Waals surface area contributed by atoms with Gasteiger partial charge in [-0.15, -0.1) is 11.3 Å². The smallest absolute Gasteiger partial charge is 0.250 e. The predicted molar refractivity (Wildman–Crippen MR) is 91.3 cm³/mol. The van der Waals surface area contributed by atoms with E-state index in [1.807, 2.05) is 32.0 Å². The first kappa shape index (κ1) is 16.2. The quantitative estimate of drug-likeness (QED) is 0.921. The minimum absolute atomic E-state index is 0.199. The molecule has 1 saturated heterocycles. The Hall–Kier alpha value is -1.70. The molecule has 1 N–H and O–H groups in total. The van der Waals surface area contributed by atoms with Gasteiger partial charge in [-0.2, -0.15) is 4.72 Å². The third kappa shape index (κ3) is 3.31. The van der Waals surface area contributed by atoms with Gasteiger partial charge in [-0.25, -0.2) is 8.42 Å². The topological polar surface area (TPSA) is 66.5 Å². The molecule has 1 atom stereocenters. The van der Waals surface area contributed by atoms with Crippen molar-refractivity contribution in [3.05, 3.63) is 46.8 Å². The highest BCUT2D eigenvalue weighted by atomic mass is 32.2. The van der Waals surface area contributed by atoms with Gasteiger partial charge in [0.1, 0.15) is 10.3 Å². The molecule has 0 spiro atoms. The van der Waals surface area contributed by atoms with Crippen molar-refractivity contribution >= 4 is 33.0 Å². The van der Waals surface area contributed by atoms with Gasteiger partial charge in [-0.1, -0.05) is 12.1 Å². The van der Waals surface area contributed by atoms with Gasteiger partial charge in [0.25, 0.3) is 10.0 Å². The normalized spacial score (nSPS) is 18.6. The molecule has 5 nitrogen and oxygen atoms in total. The van der Waals surface area contributed by atoms with Gasteiger partial charge in [-0.3, -0.25) is 4.79 Å². The Morgan fingerprint density at radius 1 is 1.22 bits per heavy atom. The first-order valence-electron chi connectivity index (χ1n) is 7.32. The lowest BCUT2D eigenvalue weighted by Gasteiger charge is -2.18. The summed E-state index contributed by atoms with van der Waals surface area (Å²) in [5, 5.41) is 1.70. The molecule has 23 heavy (non-hydrogen) atoms. The fourth-order valence-corrected chi connectivity index (χ4v) is 5.05. The molecule has 0 saturated carbocycles. The van der Waals surface area contributed by atoms with Gasteiger partial charge < -0.3 is 4.90 Å². The Morgan fingerprint density at radius 3 is 2.52 bits per heavy atom. The zero-order valence-corrected chi connectivity index (χ0v) is 14.6. The van der Waals surface area contributed by atoms with E-state index in [0.29, 0.717) is 13.0 Å². The summed E-state index contributed by atoms with van der Waals surface area (Å²) >= 11 is 1.14. The minimum atomic E-state index is -3.63. The van der Waals surface area contributed by atoms with Gasteiger partial charge >= 0.3 is 0 Å². The molecule has 0 radical (unpaired) electrons. The molecule has 1 aliphatic rings. The van der Waals surface area contributed by atoms with Crippen LogP contribution in [0.3, 0.4) is 0 Å². The summed E-state index contributed by atoms with van der Waals surface area (Å²) in [6.45, 7) is 4.47. The standard InChI is InChI=1S/C16H18N2O3S2/c1-11-8-12(2)10-13(9-11)18-6-5-14(16(18)19)17-23(20,21)15-4-3-7-22-15/h3-4,7-10,14,17H,5-6H2,1-2H3/t14-/m0/s1. The lowest BCUT2D eigenvalue weighted by atomic mass is 10.1. The highest BCUT2D eigenvalue weighted by Crippen LogP contribution is 2.25. The fraction of sp³-hybridized carbons (Fsp3) is 0.312. The van der Waals surface area contributed by atoms with Crippen LogP contribution in [-0.4, -0.2) is 26.9 Å². The van der Waals surface area contributed by atoms with E-state index in [9.17, 15) is 13.2 Å². The van der Waals surface area contributed by atoms with Crippen LogP contribution in [0.25, 0.3) is 0 Å². The third-order valence-electron chi connectivity index (χ3n) is 3.78. The summed E-state index contributed by atoms with van der Waals surface area (Å²) in [6, 6.07) is 8.44. The number of aryl methyl sites for hydroxylation is 2. The Labute approximate surface area is 140 Å². The van der Waals surface area contributed by atoms with Crippen LogP contribution in [-0.2, 0) is 14.8 Å². The molecular formula is C16H18N2O3S2. The third-order valence-corrected chi connectivity index (χ3v) is 6.65. The molecule has 2 heterocycles. The Balaban J connectivity index is 1.79. The van der Waals surface area contributed by atoms with Crippen LogP contribution >= 0.6 is 11.3 Å². The largest absolute Gasteiger partial charge is 0.311 e. The second kappa shape index (κ2) is 6.07. The molecular weight excluding hydrogens is 332 g/mol. The van der Waals surface area contributed by atoms with E-state index in [0.717, 1.165) is 28.2 Å². The molecule has 0 unspecified atom stereocenters. The summed E-state index contributed by atoms with van der Waals surface area (Å²) in [5.74, 6) is -0.199. The van der Waals surface area contributed by atoms with E-state index >= 15 is 0 Å². The Morgan fingerprint density at radius 2 is 1.91 bits per heavy atom. The Bertz CT molecular complexity index is 809. The van der Waals surface area contributed by atoms with E-state index in [-0.39, 0.29) is 10.1 Å². The monoisotopic (exact) mass is 350 g/mol. The molecule has 1 fully saturated rings. The first-order valence-corrected chi connectivity index (χ1v) is 9.68. The van der Waals surface area contributed by atoms with Crippen LogP contribution in [0.5, 0.6) is 0 Å². The number of hydrogen-bond acceptors (Lipinski definition) is 4. The second-order valence-electron chi connectivity index (χ2n) is 5.73. The number of carbonyl (C=O) groups is 1. The number of hydrogen-bond donors (Lipinski definition) is 1. The highest BCUT2D eigenvalue weighted by molar-refractivity contribution is 7.91. The maximum atomic E-state index is 12.6. The van der Waals surface area contributed by atoms with E-state index in [1.165, 1.54) is 6.07 Å². The van der Waals surface area contributed by atoms with Crippen molar-refractivity contribution in [3.63, 3.8) is 0 Å². The second-order valence-corrected chi connectivity index (χ2v) is 8.62. The molecule has 0 bridgehead atoms. The lowest BCUT2D eigenvalue weighted by Crippen LogP contribution is -2.41. The number of nitrogens with zero attached hydrogens (tertiary/aromatic N) is 1. The van der Waals surface area contributed by atoms with Crippen molar-refractivity contribution in [2.24, 2.45) is 0 Å². The van der Waals surface area contributed by atoms with Crippen LogP contribution in [0, 0.1) is 13.8 Å². The number of sulfonamides is 1. The summed E-state index contributed by atoms with van der Waals surface area (Å²) in [5.41, 5.74) is 2.98. The van der Waals surface area contributed by atoms with Crippen LogP contribution < -0.4 is 9.62 Å². The maximum absolute atomic E-state index is 12.6. The van der Waals surface area contributed by atoms with Crippen molar-refractivity contribution < 1.29 is 13.2 Å². The van der Waals surface area contributed by atoms with Crippen LogP contribution in [0.1, 0.15) is 17.5 Å². The number of amides is 1. The summed E-state index contributed by atoms with van der Waals surface area (Å²) in [7, 11) is -3.63. The van der Waals surface area contributed by atoms with Crippen molar-refractivity contribution in [2.45, 2.75) is 30.5 Å². The zero-order chi connectivity index (χ0) is 16.6. The lowest BCUT2D eigenvalue weighted by molar-refractivity contribution is -0.118. The van der Waals surface area contributed by atoms with Crippen LogP contribution in [0.15, 0.2) is 39.9 Å². The zero-order valence-electron chi connectivity index (χ0n) is 12.9. The summed E-state index contributed by atoms with van der Waals surface area (Å²) in [4.78, 5) is 14.2. The van der Waals surface area contributed by atoms with Gasteiger partial charge in [0, 0.05) is 12.2 Å². The number of thiophene rings is 1. The van der Waals surface area contributed by atoms with Crippen molar-refractivity contribution in [2.75, 3.05) is 11.4 Å². The summed E-state index contributed by atoms with van der Waals surface area (Å²) < 4.78 is 27.3. The minimum Gasteiger partial charge on any atom is -0.311 e.